The SMILES string of the molecule is CNc1ccc(C2CC(OCCOC)CC(C(=O)Nc3ccc(C(F)(F)F)cc3F)C2)cc1. The number of anilines is 2. The zero-order valence-electron chi connectivity index (χ0n) is 18.5. The van der Waals surface area contributed by atoms with E-state index in [1.807, 2.05) is 31.3 Å². The highest BCUT2D eigenvalue weighted by Gasteiger charge is 2.35. The highest BCUT2D eigenvalue weighted by atomic mass is 19.4. The van der Waals surface area contributed by atoms with Crippen molar-refractivity contribution in [2.45, 2.75) is 37.5 Å². The second-order valence-electron chi connectivity index (χ2n) is 8.14. The maximum atomic E-state index is 14.2. The normalized spacial score (nSPS) is 21.0. The average molecular weight is 468 g/mol. The second-order valence-corrected chi connectivity index (χ2v) is 8.14. The summed E-state index contributed by atoms with van der Waals surface area (Å²) >= 11 is 0. The lowest BCUT2D eigenvalue weighted by Gasteiger charge is -2.34. The van der Waals surface area contributed by atoms with E-state index in [1.165, 1.54) is 0 Å². The van der Waals surface area contributed by atoms with Gasteiger partial charge in [0.1, 0.15) is 5.82 Å². The number of carbonyl (C=O) groups is 1. The smallest absolute Gasteiger partial charge is 0.388 e. The highest BCUT2D eigenvalue weighted by Crippen LogP contribution is 2.39. The third kappa shape index (κ3) is 6.68. The Kier molecular flexibility index (Phi) is 8.31. The van der Waals surface area contributed by atoms with E-state index in [0.29, 0.717) is 32.1 Å². The van der Waals surface area contributed by atoms with Gasteiger partial charge in [0.05, 0.1) is 30.6 Å². The van der Waals surface area contributed by atoms with Crippen LogP contribution in [-0.2, 0) is 20.4 Å². The molecule has 0 radical (unpaired) electrons. The van der Waals surface area contributed by atoms with E-state index in [1.54, 1.807) is 7.11 Å². The number of rotatable bonds is 8. The van der Waals surface area contributed by atoms with Gasteiger partial charge in [0.2, 0.25) is 5.91 Å². The van der Waals surface area contributed by atoms with Crippen molar-refractivity contribution in [2.75, 3.05) is 38.0 Å². The van der Waals surface area contributed by atoms with Crippen LogP contribution in [0.3, 0.4) is 0 Å². The summed E-state index contributed by atoms with van der Waals surface area (Å²) in [6.07, 6.45) is -3.17. The van der Waals surface area contributed by atoms with Gasteiger partial charge in [-0.25, -0.2) is 4.39 Å². The van der Waals surface area contributed by atoms with E-state index in [-0.39, 0.29) is 17.7 Å². The molecule has 0 saturated heterocycles. The van der Waals surface area contributed by atoms with E-state index in [4.69, 9.17) is 9.47 Å². The lowest BCUT2D eigenvalue weighted by Crippen LogP contribution is -2.35. The summed E-state index contributed by atoms with van der Waals surface area (Å²) in [4.78, 5) is 13.0. The van der Waals surface area contributed by atoms with Gasteiger partial charge >= 0.3 is 6.18 Å². The van der Waals surface area contributed by atoms with E-state index in [0.717, 1.165) is 29.8 Å². The van der Waals surface area contributed by atoms with E-state index >= 15 is 0 Å². The van der Waals surface area contributed by atoms with Crippen molar-refractivity contribution in [3.8, 4) is 0 Å². The number of nitrogens with one attached hydrogen (secondary N) is 2. The number of alkyl halides is 3. The van der Waals surface area contributed by atoms with Crippen molar-refractivity contribution in [3.05, 3.63) is 59.4 Å². The van der Waals surface area contributed by atoms with Gasteiger partial charge in [-0.1, -0.05) is 12.1 Å². The second kappa shape index (κ2) is 11.0. The molecule has 180 valence electrons. The molecule has 0 aliphatic heterocycles. The summed E-state index contributed by atoms with van der Waals surface area (Å²) in [5.74, 6) is -2.00. The predicted octanol–water partition coefficient (Wildman–Crippen LogP) is 5.44. The summed E-state index contributed by atoms with van der Waals surface area (Å²) in [6, 6.07) is 9.99. The van der Waals surface area contributed by atoms with Gasteiger partial charge in [0.25, 0.3) is 0 Å². The number of hydrogen-bond donors (Lipinski definition) is 2. The fraction of sp³-hybridized carbons (Fsp3) is 0.458. The van der Waals surface area contributed by atoms with E-state index in [2.05, 4.69) is 10.6 Å². The molecule has 2 aromatic rings. The van der Waals surface area contributed by atoms with Crippen molar-refractivity contribution in [1.82, 2.24) is 0 Å². The molecule has 0 aromatic heterocycles. The number of benzene rings is 2. The summed E-state index contributed by atoms with van der Waals surface area (Å²) in [7, 11) is 3.40. The van der Waals surface area contributed by atoms with Crippen molar-refractivity contribution in [1.29, 1.82) is 0 Å². The summed E-state index contributed by atoms with van der Waals surface area (Å²) in [5, 5.41) is 5.53. The van der Waals surface area contributed by atoms with Gasteiger partial charge in [-0.3, -0.25) is 4.79 Å². The predicted molar refractivity (Wildman–Crippen MR) is 118 cm³/mol. The van der Waals surface area contributed by atoms with Gasteiger partial charge in [-0.2, -0.15) is 13.2 Å². The first kappa shape index (κ1) is 25.0. The van der Waals surface area contributed by atoms with Crippen LogP contribution >= 0.6 is 0 Å². The van der Waals surface area contributed by atoms with Crippen LogP contribution in [0, 0.1) is 11.7 Å². The number of amides is 1. The van der Waals surface area contributed by atoms with Crippen molar-refractivity contribution in [2.24, 2.45) is 5.92 Å². The molecular weight excluding hydrogens is 440 g/mol. The quantitative estimate of drug-likeness (QED) is 0.400. The number of methoxy groups -OCH3 is 1. The Bertz CT molecular complexity index is 934. The molecule has 3 atom stereocenters. The van der Waals surface area contributed by atoms with Gasteiger partial charge in [-0.15, -0.1) is 0 Å². The van der Waals surface area contributed by atoms with Crippen LogP contribution < -0.4 is 10.6 Å². The number of hydrogen-bond acceptors (Lipinski definition) is 4. The molecule has 3 rings (SSSR count). The van der Waals surface area contributed by atoms with Crippen LogP contribution in [-0.4, -0.2) is 39.4 Å². The molecule has 3 unspecified atom stereocenters. The molecule has 5 nitrogen and oxygen atoms in total. The third-order valence-corrected chi connectivity index (χ3v) is 5.90. The molecule has 0 spiro atoms. The number of carbonyl (C=O) groups excluding carboxylic acids is 1. The van der Waals surface area contributed by atoms with Gasteiger partial charge in [-0.05, 0) is 61.1 Å². The van der Waals surface area contributed by atoms with Crippen molar-refractivity contribution < 1.29 is 31.8 Å². The standard InChI is InChI=1S/C24H28F4N2O3/c1-29-19-6-3-15(4-7-19)16-11-17(13-20(12-16)33-10-9-32-2)23(31)30-22-8-5-18(14-21(22)25)24(26,27)28/h3-8,14,16-17,20,29H,9-13H2,1-2H3,(H,30,31). The number of ether oxygens (including phenoxy) is 2. The van der Waals surface area contributed by atoms with Crippen LogP contribution in [0.2, 0.25) is 0 Å². The van der Waals surface area contributed by atoms with Crippen LogP contribution in [0.15, 0.2) is 42.5 Å². The molecule has 2 aromatic carbocycles. The number of halogens is 4. The molecular formula is C24H28F4N2O3. The molecule has 1 aliphatic carbocycles. The van der Waals surface area contributed by atoms with Gasteiger partial charge < -0.3 is 20.1 Å². The van der Waals surface area contributed by atoms with Crippen LogP contribution in [0.4, 0.5) is 28.9 Å². The summed E-state index contributed by atoms with van der Waals surface area (Å²) in [5.41, 5.74) is 0.653. The first-order valence-electron chi connectivity index (χ1n) is 10.8. The minimum Gasteiger partial charge on any atom is -0.388 e. The lowest BCUT2D eigenvalue weighted by molar-refractivity contribution is -0.137. The first-order valence-corrected chi connectivity index (χ1v) is 10.8. The fourth-order valence-corrected chi connectivity index (χ4v) is 4.14. The first-order chi connectivity index (χ1) is 15.7. The molecule has 0 bridgehead atoms. The zero-order chi connectivity index (χ0) is 24.0. The molecule has 1 aliphatic rings. The van der Waals surface area contributed by atoms with E-state index < -0.39 is 29.4 Å². The van der Waals surface area contributed by atoms with E-state index in [9.17, 15) is 22.4 Å². The molecule has 1 amide bonds. The molecule has 2 N–H and O–H groups in total. The zero-order valence-corrected chi connectivity index (χ0v) is 18.5. The molecule has 1 fully saturated rings. The maximum Gasteiger partial charge on any atom is 0.416 e. The lowest BCUT2D eigenvalue weighted by atomic mass is 9.76. The highest BCUT2D eigenvalue weighted by molar-refractivity contribution is 5.92. The minimum atomic E-state index is -4.66. The topological polar surface area (TPSA) is 59.6 Å². The largest absolute Gasteiger partial charge is 0.416 e. The Morgan fingerprint density at radius 3 is 2.39 bits per heavy atom. The Labute approximate surface area is 190 Å². The Balaban J connectivity index is 1.75. The molecule has 9 heteroatoms. The fourth-order valence-electron chi connectivity index (χ4n) is 4.14. The summed E-state index contributed by atoms with van der Waals surface area (Å²) < 4.78 is 63.6. The Morgan fingerprint density at radius 2 is 1.79 bits per heavy atom. The summed E-state index contributed by atoms with van der Waals surface area (Å²) in [6.45, 7) is 0.806. The minimum absolute atomic E-state index is 0.0467. The van der Waals surface area contributed by atoms with Crippen LogP contribution in [0.5, 0.6) is 0 Å². The van der Waals surface area contributed by atoms with Crippen LogP contribution in [0.1, 0.15) is 36.3 Å². The maximum absolute atomic E-state index is 14.2. The van der Waals surface area contributed by atoms with Crippen LogP contribution in [0.25, 0.3) is 0 Å². The van der Waals surface area contributed by atoms with Gasteiger partial charge in [0.15, 0.2) is 0 Å². The monoisotopic (exact) mass is 468 g/mol. The van der Waals surface area contributed by atoms with Gasteiger partial charge in [0, 0.05) is 25.8 Å². The Morgan fingerprint density at radius 1 is 1.06 bits per heavy atom. The third-order valence-electron chi connectivity index (χ3n) is 5.90. The molecule has 1 saturated carbocycles. The molecule has 33 heavy (non-hydrogen) atoms. The van der Waals surface area contributed by atoms with Crippen molar-refractivity contribution >= 4 is 17.3 Å². The van der Waals surface area contributed by atoms with Crippen molar-refractivity contribution in [3.63, 3.8) is 0 Å². The Hall–Kier alpha value is -2.65. The average Bonchev–Trinajstić information content (AvgIpc) is 2.79. The molecule has 0 heterocycles.